The summed E-state index contributed by atoms with van der Waals surface area (Å²) < 4.78 is 5.57. The Morgan fingerprint density at radius 1 is 1.07 bits per heavy atom. The molecule has 1 saturated heterocycles. The van der Waals surface area contributed by atoms with E-state index < -0.39 is 0 Å². The fourth-order valence-electron chi connectivity index (χ4n) is 3.50. The van der Waals surface area contributed by atoms with Crippen molar-refractivity contribution in [2.45, 2.75) is 6.92 Å². The smallest absolute Gasteiger partial charge is 0.260 e. The minimum absolute atomic E-state index is 0.0469. The second kappa shape index (κ2) is 8.47. The molecule has 2 aromatic carbocycles. The van der Waals surface area contributed by atoms with E-state index in [1.807, 2.05) is 23.1 Å². The van der Waals surface area contributed by atoms with Crippen LogP contribution in [0.3, 0.4) is 0 Å². The van der Waals surface area contributed by atoms with E-state index in [1.54, 1.807) is 18.2 Å². The number of para-hydroxylation sites is 1. The van der Waals surface area contributed by atoms with E-state index in [9.17, 15) is 4.79 Å². The number of carbonyl (C=O) groups is 1. The maximum Gasteiger partial charge on any atom is 0.260 e. The molecule has 1 aliphatic heterocycles. The van der Waals surface area contributed by atoms with Gasteiger partial charge in [-0.15, -0.1) is 0 Å². The number of amides is 1. The van der Waals surface area contributed by atoms with Crippen LogP contribution in [0.5, 0.6) is 5.75 Å². The van der Waals surface area contributed by atoms with E-state index in [2.05, 4.69) is 24.0 Å². The van der Waals surface area contributed by atoms with Gasteiger partial charge in [-0.3, -0.25) is 4.79 Å². The van der Waals surface area contributed by atoms with E-state index in [-0.39, 0.29) is 12.5 Å². The summed E-state index contributed by atoms with van der Waals surface area (Å²) in [4.78, 5) is 21.4. The lowest BCUT2D eigenvalue weighted by molar-refractivity contribution is -0.133. The lowest BCUT2D eigenvalue weighted by atomic mass is 10.1. The standard InChI is InChI=1S/C22H21Cl2N3O2/c1-15-12-21(25-19-5-3-2-4-17(15)19)26-8-10-27(11-9-26)22(28)14-29-20-7-6-16(23)13-18(20)24/h2-7,12-13H,8-11,14H2,1H3. The first-order valence-electron chi connectivity index (χ1n) is 9.48. The molecule has 7 heteroatoms. The number of anilines is 1. The predicted molar refractivity (Wildman–Crippen MR) is 117 cm³/mol. The fraction of sp³-hybridized carbons (Fsp3) is 0.273. The minimum Gasteiger partial charge on any atom is -0.482 e. The summed E-state index contributed by atoms with van der Waals surface area (Å²) in [7, 11) is 0. The highest BCUT2D eigenvalue weighted by Gasteiger charge is 2.23. The van der Waals surface area contributed by atoms with Crippen LogP contribution in [0.1, 0.15) is 5.56 Å². The van der Waals surface area contributed by atoms with E-state index in [1.165, 1.54) is 10.9 Å². The second-order valence-corrected chi connectivity index (χ2v) is 7.89. The lowest BCUT2D eigenvalue weighted by Crippen LogP contribution is -2.50. The third kappa shape index (κ3) is 4.41. The first kappa shape index (κ1) is 19.8. The van der Waals surface area contributed by atoms with Crippen LogP contribution in [0.2, 0.25) is 10.0 Å². The molecule has 5 nitrogen and oxygen atoms in total. The molecule has 0 saturated carbocycles. The number of pyridine rings is 1. The van der Waals surface area contributed by atoms with Gasteiger partial charge >= 0.3 is 0 Å². The van der Waals surface area contributed by atoms with Gasteiger partial charge in [0.1, 0.15) is 11.6 Å². The molecule has 0 radical (unpaired) electrons. The molecular weight excluding hydrogens is 409 g/mol. The van der Waals surface area contributed by atoms with Crippen LogP contribution in [0.4, 0.5) is 5.82 Å². The van der Waals surface area contributed by atoms with Crippen LogP contribution >= 0.6 is 23.2 Å². The first-order valence-corrected chi connectivity index (χ1v) is 10.2. The molecule has 1 amide bonds. The van der Waals surface area contributed by atoms with Gasteiger partial charge in [-0.2, -0.15) is 0 Å². The number of nitrogens with zero attached hydrogens (tertiary/aromatic N) is 3. The highest BCUT2D eigenvalue weighted by molar-refractivity contribution is 6.35. The number of ether oxygens (including phenoxy) is 1. The minimum atomic E-state index is -0.0571. The van der Waals surface area contributed by atoms with E-state index in [4.69, 9.17) is 32.9 Å². The molecule has 0 spiro atoms. The summed E-state index contributed by atoms with van der Waals surface area (Å²) >= 11 is 12.0. The van der Waals surface area contributed by atoms with Crippen molar-refractivity contribution in [3.63, 3.8) is 0 Å². The summed E-state index contributed by atoms with van der Waals surface area (Å²) in [6, 6.07) is 15.2. The van der Waals surface area contributed by atoms with Crippen molar-refractivity contribution in [1.82, 2.24) is 9.88 Å². The van der Waals surface area contributed by atoms with Crippen molar-refractivity contribution in [2.24, 2.45) is 0 Å². The average Bonchev–Trinajstić information content (AvgIpc) is 2.73. The summed E-state index contributed by atoms with van der Waals surface area (Å²) in [5, 5.41) is 2.10. The summed E-state index contributed by atoms with van der Waals surface area (Å²) in [6.07, 6.45) is 0. The van der Waals surface area contributed by atoms with Crippen molar-refractivity contribution >= 4 is 45.8 Å². The van der Waals surface area contributed by atoms with Crippen LogP contribution in [-0.2, 0) is 4.79 Å². The second-order valence-electron chi connectivity index (χ2n) is 7.05. The lowest BCUT2D eigenvalue weighted by Gasteiger charge is -2.35. The molecule has 0 unspecified atom stereocenters. The normalized spacial score (nSPS) is 14.3. The number of carbonyl (C=O) groups excluding carboxylic acids is 1. The zero-order valence-corrected chi connectivity index (χ0v) is 17.6. The number of benzene rings is 2. The number of aryl methyl sites for hydroxylation is 1. The molecule has 1 aliphatic rings. The molecule has 1 fully saturated rings. The van der Waals surface area contributed by atoms with Crippen molar-refractivity contribution in [1.29, 1.82) is 0 Å². The third-order valence-electron chi connectivity index (χ3n) is 5.11. The zero-order chi connectivity index (χ0) is 20.4. The Morgan fingerprint density at radius 2 is 1.83 bits per heavy atom. The molecular formula is C22H21Cl2N3O2. The number of piperazine rings is 1. The van der Waals surface area contributed by atoms with Gasteiger partial charge in [0.2, 0.25) is 0 Å². The van der Waals surface area contributed by atoms with E-state index >= 15 is 0 Å². The van der Waals surface area contributed by atoms with Crippen LogP contribution < -0.4 is 9.64 Å². The Morgan fingerprint density at radius 3 is 2.59 bits per heavy atom. The van der Waals surface area contributed by atoms with Crippen LogP contribution in [0.25, 0.3) is 10.9 Å². The highest BCUT2D eigenvalue weighted by Crippen LogP contribution is 2.27. The SMILES string of the molecule is Cc1cc(N2CCN(C(=O)COc3ccc(Cl)cc3Cl)CC2)nc2ccccc12. The maximum atomic E-state index is 12.5. The molecule has 150 valence electrons. The van der Waals surface area contributed by atoms with Gasteiger partial charge < -0.3 is 14.5 Å². The Bertz CT molecular complexity index is 1050. The van der Waals surface area contributed by atoms with Gasteiger partial charge in [-0.05, 0) is 42.8 Å². The molecule has 1 aromatic heterocycles. The quantitative estimate of drug-likeness (QED) is 0.608. The highest BCUT2D eigenvalue weighted by atomic mass is 35.5. The van der Waals surface area contributed by atoms with Crippen molar-refractivity contribution in [2.75, 3.05) is 37.7 Å². The predicted octanol–water partition coefficient (Wildman–Crippen LogP) is 4.58. The summed E-state index contributed by atoms with van der Waals surface area (Å²) in [5.41, 5.74) is 2.20. The van der Waals surface area contributed by atoms with Gasteiger partial charge in [0, 0.05) is 36.6 Å². The number of hydrogen-bond donors (Lipinski definition) is 0. The molecule has 0 aliphatic carbocycles. The number of hydrogen-bond acceptors (Lipinski definition) is 4. The molecule has 0 N–H and O–H groups in total. The van der Waals surface area contributed by atoms with Gasteiger partial charge in [0.15, 0.2) is 6.61 Å². The number of rotatable bonds is 4. The van der Waals surface area contributed by atoms with Crippen molar-refractivity contribution in [3.05, 3.63) is 64.1 Å². The monoisotopic (exact) mass is 429 g/mol. The summed E-state index contributed by atoms with van der Waals surface area (Å²) in [6.45, 7) is 4.78. The van der Waals surface area contributed by atoms with E-state index in [0.717, 1.165) is 24.4 Å². The zero-order valence-electron chi connectivity index (χ0n) is 16.1. The van der Waals surface area contributed by atoms with Gasteiger partial charge in [0.25, 0.3) is 5.91 Å². The first-order chi connectivity index (χ1) is 14.0. The fourth-order valence-corrected chi connectivity index (χ4v) is 3.96. The number of fused-ring (bicyclic) bond motifs is 1. The van der Waals surface area contributed by atoms with Gasteiger partial charge in [-0.1, -0.05) is 41.4 Å². The molecule has 0 atom stereocenters. The molecule has 4 rings (SSSR count). The Kier molecular flexibility index (Phi) is 5.79. The van der Waals surface area contributed by atoms with E-state index in [0.29, 0.717) is 28.9 Å². The number of aromatic nitrogens is 1. The topological polar surface area (TPSA) is 45.7 Å². The molecule has 0 bridgehead atoms. The van der Waals surface area contributed by atoms with Crippen LogP contribution in [0, 0.1) is 6.92 Å². The average molecular weight is 430 g/mol. The molecule has 2 heterocycles. The Hall–Kier alpha value is -2.50. The van der Waals surface area contributed by atoms with Gasteiger partial charge in [-0.25, -0.2) is 4.98 Å². The Labute approximate surface area is 179 Å². The van der Waals surface area contributed by atoms with Gasteiger partial charge in [0.05, 0.1) is 10.5 Å². The van der Waals surface area contributed by atoms with Crippen LogP contribution in [0.15, 0.2) is 48.5 Å². The van der Waals surface area contributed by atoms with Crippen molar-refractivity contribution < 1.29 is 9.53 Å². The largest absolute Gasteiger partial charge is 0.482 e. The molecule has 29 heavy (non-hydrogen) atoms. The Balaban J connectivity index is 1.36. The maximum absolute atomic E-state index is 12.5. The van der Waals surface area contributed by atoms with Crippen LogP contribution in [-0.4, -0.2) is 48.6 Å². The third-order valence-corrected chi connectivity index (χ3v) is 5.64. The van der Waals surface area contributed by atoms with Crippen molar-refractivity contribution in [3.8, 4) is 5.75 Å². The number of halogens is 2. The molecule has 3 aromatic rings. The summed E-state index contributed by atoms with van der Waals surface area (Å²) in [5.74, 6) is 1.36.